The molecule has 114 valence electrons. The Balaban J connectivity index is 1.96. The van der Waals surface area contributed by atoms with Crippen LogP contribution in [0.2, 0.25) is 0 Å². The molecule has 0 unspecified atom stereocenters. The molecule has 2 aromatic rings. The molecule has 0 atom stereocenters. The van der Waals surface area contributed by atoms with Crippen LogP contribution in [0.4, 0.5) is 5.69 Å². The number of hydrogen-bond acceptors (Lipinski definition) is 5. The Kier molecular flexibility index (Phi) is 5.69. The van der Waals surface area contributed by atoms with Crippen LogP contribution in [0.3, 0.4) is 0 Å². The maximum Gasteiger partial charge on any atom is 0.182 e. The van der Waals surface area contributed by atoms with Crippen LogP contribution in [0.15, 0.2) is 22.7 Å². The van der Waals surface area contributed by atoms with Gasteiger partial charge in [-0.15, -0.1) is 5.10 Å². The lowest BCUT2D eigenvalue weighted by molar-refractivity contribution is 0.105. The van der Waals surface area contributed by atoms with Gasteiger partial charge in [-0.3, -0.25) is 0 Å². The van der Waals surface area contributed by atoms with Crippen molar-refractivity contribution in [3.63, 3.8) is 0 Å². The van der Waals surface area contributed by atoms with Crippen molar-refractivity contribution >= 4 is 21.6 Å². The summed E-state index contributed by atoms with van der Waals surface area (Å²) in [6.07, 6.45) is 0.872. The van der Waals surface area contributed by atoms with Gasteiger partial charge in [-0.05, 0) is 56.9 Å². The van der Waals surface area contributed by atoms with Crippen molar-refractivity contribution in [1.82, 2.24) is 20.2 Å². The molecule has 0 fully saturated rings. The zero-order valence-electron chi connectivity index (χ0n) is 12.3. The molecule has 21 heavy (non-hydrogen) atoms. The van der Waals surface area contributed by atoms with Crippen LogP contribution in [0, 0.1) is 5.92 Å². The normalized spacial score (nSPS) is 11.2. The third-order valence-corrected chi connectivity index (χ3v) is 3.62. The molecule has 0 radical (unpaired) electrons. The molecule has 2 rings (SSSR count). The molecule has 6 nitrogen and oxygen atoms in total. The van der Waals surface area contributed by atoms with Crippen LogP contribution in [0.5, 0.6) is 0 Å². The lowest BCUT2D eigenvalue weighted by atomic mass is 10.2. The van der Waals surface area contributed by atoms with Crippen LogP contribution in [0.25, 0.3) is 11.4 Å². The van der Waals surface area contributed by atoms with Gasteiger partial charge in [0.1, 0.15) is 0 Å². The fraction of sp³-hybridized carbons (Fsp3) is 0.500. The first-order valence-electron chi connectivity index (χ1n) is 6.97. The number of halogens is 1. The number of aromatic nitrogens is 4. The zero-order chi connectivity index (χ0) is 15.2. The molecule has 1 aromatic carbocycles. The summed E-state index contributed by atoms with van der Waals surface area (Å²) in [5.41, 5.74) is 7.48. The molecular weight excluding hydrogens is 334 g/mol. The van der Waals surface area contributed by atoms with Crippen molar-refractivity contribution in [2.75, 3.05) is 18.9 Å². The highest BCUT2D eigenvalue weighted by atomic mass is 79.9. The summed E-state index contributed by atoms with van der Waals surface area (Å²) >= 11 is 3.38. The Morgan fingerprint density at radius 1 is 1.38 bits per heavy atom. The number of tetrazole rings is 1. The van der Waals surface area contributed by atoms with Crippen LogP contribution in [-0.2, 0) is 11.3 Å². The van der Waals surface area contributed by atoms with Crippen molar-refractivity contribution in [2.45, 2.75) is 26.8 Å². The minimum absolute atomic E-state index is 0.555. The average Bonchev–Trinajstić information content (AvgIpc) is 2.89. The number of nitrogens with zero attached hydrogens (tertiary/aromatic N) is 4. The SMILES string of the molecule is CC(C)COCCCn1nnnc1-c1ccc(Br)c(N)c1. The summed E-state index contributed by atoms with van der Waals surface area (Å²) in [7, 11) is 0. The predicted molar refractivity (Wildman–Crippen MR) is 85.6 cm³/mol. The van der Waals surface area contributed by atoms with Gasteiger partial charge in [0.2, 0.25) is 0 Å². The number of anilines is 1. The first-order valence-corrected chi connectivity index (χ1v) is 7.76. The third-order valence-electron chi connectivity index (χ3n) is 2.90. The van der Waals surface area contributed by atoms with Crippen LogP contribution < -0.4 is 5.73 Å². The molecule has 0 aliphatic rings. The predicted octanol–water partition coefficient (Wildman–Crippen LogP) is 2.75. The lowest BCUT2D eigenvalue weighted by Crippen LogP contribution is -2.08. The Hall–Kier alpha value is -1.47. The van der Waals surface area contributed by atoms with Crippen molar-refractivity contribution in [2.24, 2.45) is 5.92 Å². The van der Waals surface area contributed by atoms with Gasteiger partial charge in [0.15, 0.2) is 5.82 Å². The zero-order valence-corrected chi connectivity index (χ0v) is 13.9. The molecular formula is C14H20BrN5O. The van der Waals surface area contributed by atoms with Crippen molar-refractivity contribution in [1.29, 1.82) is 0 Å². The molecule has 0 amide bonds. The second-order valence-corrected chi connectivity index (χ2v) is 6.14. The van der Waals surface area contributed by atoms with E-state index in [2.05, 4.69) is 45.3 Å². The highest BCUT2D eigenvalue weighted by Gasteiger charge is 2.10. The number of aryl methyl sites for hydroxylation is 1. The Labute approximate surface area is 132 Å². The minimum Gasteiger partial charge on any atom is -0.398 e. The van der Waals surface area contributed by atoms with Crippen molar-refractivity contribution in [3.8, 4) is 11.4 Å². The molecule has 1 aromatic heterocycles. The summed E-state index contributed by atoms with van der Waals surface area (Å²) in [4.78, 5) is 0. The summed E-state index contributed by atoms with van der Waals surface area (Å²) in [5.74, 6) is 1.28. The second-order valence-electron chi connectivity index (χ2n) is 5.28. The van der Waals surface area contributed by atoms with E-state index in [9.17, 15) is 0 Å². The fourth-order valence-corrected chi connectivity index (χ4v) is 2.13. The van der Waals surface area contributed by atoms with Gasteiger partial charge in [0.25, 0.3) is 0 Å². The van der Waals surface area contributed by atoms with Crippen LogP contribution in [0.1, 0.15) is 20.3 Å². The van der Waals surface area contributed by atoms with E-state index in [4.69, 9.17) is 10.5 Å². The fourth-order valence-electron chi connectivity index (χ4n) is 1.88. The molecule has 0 saturated heterocycles. The van der Waals surface area contributed by atoms with E-state index in [1.54, 1.807) is 4.68 Å². The standard InChI is InChI=1S/C14H20BrN5O/c1-10(2)9-21-7-3-6-20-14(17-18-19-20)11-4-5-12(15)13(16)8-11/h4-5,8,10H,3,6-7,9,16H2,1-2H3. The monoisotopic (exact) mass is 353 g/mol. The van der Waals surface area contributed by atoms with Crippen molar-refractivity contribution < 1.29 is 4.74 Å². The van der Waals surface area contributed by atoms with Gasteiger partial charge < -0.3 is 10.5 Å². The van der Waals surface area contributed by atoms with E-state index in [-0.39, 0.29) is 0 Å². The summed E-state index contributed by atoms with van der Waals surface area (Å²) in [5, 5.41) is 11.8. The molecule has 0 spiro atoms. The maximum absolute atomic E-state index is 5.90. The van der Waals surface area contributed by atoms with E-state index < -0.39 is 0 Å². The Morgan fingerprint density at radius 3 is 2.90 bits per heavy atom. The molecule has 0 aliphatic carbocycles. The highest BCUT2D eigenvalue weighted by Crippen LogP contribution is 2.25. The Morgan fingerprint density at radius 2 is 2.19 bits per heavy atom. The van der Waals surface area contributed by atoms with Crippen molar-refractivity contribution in [3.05, 3.63) is 22.7 Å². The Bertz CT molecular complexity index is 584. The lowest BCUT2D eigenvalue weighted by Gasteiger charge is -2.08. The van der Waals surface area contributed by atoms with Gasteiger partial charge in [0.05, 0.1) is 0 Å². The van der Waals surface area contributed by atoms with E-state index in [0.717, 1.165) is 35.4 Å². The average molecular weight is 354 g/mol. The van der Waals surface area contributed by atoms with Gasteiger partial charge in [-0.1, -0.05) is 13.8 Å². The third kappa shape index (κ3) is 4.50. The minimum atomic E-state index is 0.555. The highest BCUT2D eigenvalue weighted by molar-refractivity contribution is 9.10. The number of nitrogen functional groups attached to an aromatic ring is 1. The molecule has 0 aliphatic heterocycles. The molecule has 1 heterocycles. The van der Waals surface area contributed by atoms with E-state index in [1.807, 2.05) is 18.2 Å². The van der Waals surface area contributed by atoms with Crippen LogP contribution in [-0.4, -0.2) is 33.4 Å². The number of hydrogen-bond donors (Lipinski definition) is 1. The molecule has 7 heteroatoms. The number of benzene rings is 1. The van der Waals surface area contributed by atoms with Crippen LogP contribution >= 0.6 is 15.9 Å². The van der Waals surface area contributed by atoms with Gasteiger partial charge in [-0.2, -0.15) is 0 Å². The summed E-state index contributed by atoms with van der Waals surface area (Å²) in [6.45, 7) is 6.48. The topological polar surface area (TPSA) is 78.8 Å². The number of rotatable bonds is 7. The van der Waals surface area contributed by atoms with E-state index in [0.29, 0.717) is 18.2 Å². The van der Waals surface area contributed by atoms with E-state index in [1.165, 1.54) is 0 Å². The first kappa shape index (κ1) is 15.9. The number of nitrogens with two attached hydrogens (primary N) is 1. The molecule has 0 bridgehead atoms. The quantitative estimate of drug-likeness (QED) is 0.611. The molecule has 0 saturated carbocycles. The largest absolute Gasteiger partial charge is 0.398 e. The maximum atomic E-state index is 5.90. The van der Waals surface area contributed by atoms with Gasteiger partial charge in [0, 0.05) is 35.5 Å². The number of ether oxygens (including phenoxy) is 1. The van der Waals surface area contributed by atoms with Gasteiger partial charge >= 0.3 is 0 Å². The second kappa shape index (κ2) is 7.51. The summed E-state index contributed by atoms with van der Waals surface area (Å²) < 4.78 is 8.21. The smallest absolute Gasteiger partial charge is 0.182 e. The van der Waals surface area contributed by atoms with E-state index >= 15 is 0 Å². The van der Waals surface area contributed by atoms with Gasteiger partial charge in [-0.25, -0.2) is 4.68 Å². The molecule has 2 N–H and O–H groups in total. The first-order chi connectivity index (χ1) is 10.1. The summed E-state index contributed by atoms with van der Waals surface area (Å²) in [6, 6.07) is 5.70.